The predicted octanol–water partition coefficient (Wildman–Crippen LogP) is 3.41. The molecule has 0 aliphatic heterocycles. The first kappa shape index (κ1) is 15.2. The van der Waals surface area contributed by atoms with E-state index >= 15 is 0 Å². The summed E-state index contributed by atoms with van der Waals surface area (Å²) in [7, 11) is 0. The Kier molecular flexibility index (Phi) is 6.18. The highest BCUT2D eigenvalue weighted by molar-refractivity contribution is 7.99. The molecule has 5 heteroatoms. The van der Waals surface area contributed by atoms with Gasteiger partial charge in [-0.05, 0) is 42.8 Å². The minimum Gasteiger partial charge on any atom is -0.493 e. The second-order valence-corrected chi connectivity index (χ2v) is 5.66. The van der Waals surface area contributed by atoms with E-state index in [2.05, 4.69) is 4.98 Å². The maximum absolute atomic E-state index is 6.03. The summed E-state index contributed by atoms with van der Waals surface area (Å²) in [6.07, 6.45) is 2.64. The molecule has 1 aromatic carbocycles. The molecule has 2 N–H and O–H groups in total. The number of hydrogen-bond donors (Lipinski definition) is 1. The highest BCUT2D eigenvalue weighted by Crippen LogP contribution is 2.24. The van der Waals surface area contributed by atoms with E-state index in [4.69, 9.17) is 22.1 Å². The summed E-state index contributed by atoms with van der Waals surface area (Å²) >= 11 is 7.63. The molecule has 0 fully saturated rings. The topological polar surface area (TPSA) is 48.1 Å². The van der Waals surface area contributed by atoms with Gasteiger partial charge in [0.1, 0.15) is 10.8 Å². The van der Waals surface area contributed by atoms with Gasteiger partial charge in [0, 0.05) is 11.9 Å². The van der Waals surface area contributed by atoms with Gasteiger partial charge in [-0.25, -0.2) is 4.98 Å². The Hall–Kier alpha value is -1.23. The first-order valence-corrected chi connectivity index (χ1v) is 7.81. The number of nitrogens with zero attached hydrogens (tertiary/aromatic N) is 1. The molecule has 20 heavy (non-hydrogen) atoms. The molecule has 0 atom stereocenters. The van der Waals surface area contributed by atoms with E-state index < -0.39 is 0 Å². The normalized spacial score (nSPS) is 10.5. The zero-order chi connectivity index (χ0) is 14.2. The fourth-order valence-electron chi connectivity index (χ4n) is 1.69. The number of hydrogen-bond acceptors (Lipinski definition) is 4. The molecule has 0 bridgehead atoms. The average Bonchev–Trinajstić information content (AvgIpc) is 2.47. The Morgan fingerprint density at radius 3 is 2.70 bits per heavy atom. The van der Waals surface area contributed by atoms with Crippen molar-refractivity contribution in [1.82, 2.24) is 4.98 Å². The quantitative estimate of drug-likeness (QED) is 0.629. The molecule has 0 aliphatic carbocycles. The summed E-state index contributed by atoms with van der Waals surface area (Å²) in [5.41, 5.74) is 6.74. The highest BCUT2D eigenvalue weighted by Gasteiger charge is 2.01. The van der Waals surface area contributed by atoms with Crippen LogP contribution in [0.2, 0.25) is 5.02 Å². The standard InChI is InChI=1S/C15H17ClN2OS/c16-14-2-1-9-18-15(14)20-11-10-19-13-5-3-12(4-6-13)7-8-17/h1-6,9H,7-8,10-11,17H2. The molecule has 0 spiro atoms. The number of aromatic nitrogens is 1. The molecule has 0 aliphatic rings. The molecule has 3 nitrogen and oxygen atoms in total. The minimum absolute atomic E-state index is 0.619. The number of ether oxygens (including phenoxy) is 1. The lowest BCUT2D eigenvalue weighted by atomic mass is 10.1. The van der Waals surface area contributed by atoms with Crippen LogP contribution in [0.4, 0.5) is 0 Å². The van der Waals surface area contributed by atoms with E-state index in [0.717, 1.165) is 22.9 Å². The first-order chi connectivity index (χ1) is 9.79. The molecule has 2 aromatic rings. The zero-order valence-corrected chi connectivity index (χ0v) is 12.7. The molecule has 1 aromatic heterocycles. The van der Waals surface area contributed by atoms with E-state index in [1.807, 2.05) is 36.4 Å². The van der Waals surface area contributed by atoms with Crippen molar-refractivity contribution in [2.75, 3.05) is 18.9 Å². The van der Waals surface area contributed by atoms with Crippen molar-refractivity contribution in [3.8, 4) is 5.75 Å². The van der Waals surface area contributed by atoms with Gasteiger partial charge in [-0.15, -0.1) is 11.8 Å². The molecule has 106 valence electrons. The van der Waals surface area contributed by atoms with Crippen LogP contribution in [0.1, 0.15) is 5.56 Å². The Labute approximate surface area is 128 Å². The molecular weight excluding hydrogens is 292 g/mol. The molecule has 0 radical (unpaired) electrons. The van der Waals surface area contributed by atoms with Gasteiger partial charge in [0.15, 0.2) is 0 Å². The fraction of sp³-hybridized carbons (Fsp3) is 0.267. The van der Waals surface area contributed by atoms with E-state index in [9.17, 15) is 0 Å². The maximum atomic E-state index is 6.03. The van der Waals surface area contributed by atoms with Crippen molar-refractivity contribution in [1.29, 1.82) is 0 Å². The summed E-state index contributed by atoms with van der Waals surface area (Å²) in [6, 6.07) is 11.7. The van der Waals surface area contributed by atoms with Crippen LogP contribution in [0, 0.1) is 0 Å². The van der Waals surface area contributed by atoms with Gasteiger partial charge in [-0.2, -0.15) is 0 Å². The Bertz CT molecular complexity index is 534. The predicted molar refractivity (Wildman–Crippen MR) is 84.7 cm³/mol. The van der Waals surface area contributed by atoms with Gasteiger partial charge in [-0.3, -0.25) is 0 Å². The third-order valence-corrected chi connectivity index (χ3v) is 4.06. The summed E-state index contributed by atoms with van der Waals surface area (Å²) in [4.78, 5) is 4.22. The lowest BCUT2D eigenvalue weighted by Crippen LogP contribution is -2.03. The average molecular weight is 309 g/mol. The molecule has 0 unspecified atom stereocenters. The lowest BCUT2D eigenvalue weighted by molar-refractivity contribution is 0.344. The summed E-state index contributed by atoms with van der Waals surface area (Å²) in [6.45, 7) is 1.29. The largest absolute Gasteiger partial charge is 0.493 e. The van der Waals surface area contributed by atoms with Gasteiger partial charge in [0.2, 0.25) is 0 Å². The molecule has 0 amide bonds. The molecule has 1 heterocycles. The summed E-state index contributed by atoms with van der Waals surface area (Å²) in [5, 5.41) is 1.53. The number of thioether (sulfide) groups is 1. The van der Waals surface area contributed by atoms with Crippen LogP contribution in [-0.2, 0) is 6.42 Å². The van der Waals surface area contributed by atoms with E-state index in [1.165, 1.54) is 5.56 Å². The van der Waals surface area contributed by atoms with Crippen molar-refractivity contribution in [3.05, 3.63) is 53.2 Å². The number of halogens is 1. The van der Waals surface area contributed by atoms with Crippen molar-refractivity contribution in [2.24, 2.45) is 5.73 Å². The van der Waals surface area contributed by atoms with Crippen molar-refractivity contribution in [3.63, 3.8) is 0 Å². The van der Waals surface area contributed by atoms with Gasteiger partial charge in [0.05, 0.1) is 11.6 Å². The van der Waals surface area contributed by atoms with Crippen LogP contribution in [-0.4, -0.2) is 23.9 Å². The third-order valence-electron chi connectivity index (χ3n) is 2.67. The van der Waals surface area contributed by atoms with Crippen molar-refractivity contribution < 1.29 is 4.74 Å². The third kappa shape index (κ3) is 4.71. The number of nitrogens with two attached hydrogens (primary N) is 1. The second-order valence-electron chi connectivity index (χ2n) is 4.17. The van der Waals surface area contributed by atoms with Gasteiger partial charge in [0.25, 0.3) is 0 Å². The van der Waals surface area contributed by atoms with Crippen LogP contribution in [0.5, 0.6) is 5.75 Å². The highest BCUT2D eigenvalue weighted by atomic mass is 35.5. The number of rotatable bonds is 7. The van der Waals surface area contributed by atoms with Crippen molar-refractivity contribution in [2.45, 2.75) is 11.4 Å². The smallest absolute Gasteiger partial charge is 0.119 e. The van der Waals surface area contributed by atoms with Gasteiger partial charge in [-0.1, -0.05) is 23.7 Å². The Morgan fingerprint density at radius 1 is 1.20 bits per heavy atom. The van der Waals surface area contributed by atoms with Gasteiger partial charge >= 0.3 is 0 Å². The van der Waals surface area contributed by atoms with E-state index in [-0.39, 0.29) is 0 Å². The van der Waals surface area contributed by atoms with E-state index in [0.29, 0.717) is 18.2 Å². The Balaban J connectivity index is 1.74. The monoisotopic (exact) mass is 308 g/mol. The van der Waals surface area contributed by atoms with Crippen LogP contribution in [0.25, 0.3) is 0 Å². The zero-order valence-electron chi connectivity index (χ0n) is 11.1. The lowest BCUT2D eigenvalue weighted by Gasteiger charge is -2.07. The van der Waals surface area contributed by atoms with Gasteiger partial charge < -0.3 is 10.5 Å². The number of benzene rings is 1. The first-order valence-electron chi connectivity index (χ1n) is 6.44. The minimum atomic E-state index is 0.619. The maximum Gasteiger partial charge on any atom is 0.119 e. The Morgan fingerprint density at radius 2 is 2.00 bits per heavy atom. The van der Waals surface area contributed by atoms with Crippen molar-refractivity contribution >= 4 is 23.4 Å². The van der Waals surface area contributed by atoms with Crippen LogP contribution >= 0.6 is 23.4 Å². The number of pyridine rings is 1. The summed E-state index contributed by atoms with van der Waals surface area (Å²) in [5.74, 6) is 1.68. The summed E-state index contributed by atoms with van der Waals surface area (Å²) < 4.78 is 5.68. The fourth-order valence-corrected chi connectivity index (χ4v) is 2.68. The van der Waals surface area contributed by atoms with E-state index in [1.54, 1.807) is 18.0 Å². The van der Waals surface area contributed by atoms with Crippen LogP contribution < -0.4 is 10.5 Å². The molecule has 0 saturated carbocycles. The molecular formula is C15H17ClN2OS. The van der Waals surface area contributed by atoms with Crippen LogP contribution in [0.3, 0.4) is 0 Å². The second kappa shape index (κ2) is 8.15. The molecule has 0 saturated heterocycles. The molecule has 2 rings (SSSR count). The van der Waals surface area contributed by atoms with Crippen LogP contribution in [0.15, 0.2) is 47.6 Å². The SMILES string of the molecule is NCCc1ccc(OCCSc2ncccc2Cl)cc1.